The van der Waals surface area contributed by atoms with Gasteiger partial charge < -0.3 is 10.1 Å². The Morgan fingerprint density at radius 2 is 2.20 bits per heavy atom. The minimum Gasteiger partial charge on any atom is -0.492 e. The van der Waals surface area contributed by atoms with Crippen LogP contribution in [0.4, 0.5) is 0 Å². The molecule has 1 amide bonds. The van der Waals surface area contributed by atoms with Gasteiger partial charge in [-0.25, -0.2) is 0 Å². The van der Waals surface area contributed by atoms with Crippen LogP contribution in [0.15, 0.2) is 18.2 Å². The monoisotopic (exact) mass is 359 g/mol. The second-order valence-corrected chi connectivity index (χ2v) is 7.19. The van der Waals surface area contributed by atoms with Crippen molar-refractivity contribution in [2.24, 2.45) is 0 Å². The molecule has 5 nitrogen and oxygen atoms in total. The molecule has 2 aliphatic rings. The number of halogens is 1. The molecule has 132 valence electrons. The number of ether oxygens (including phenoxy) is 1. The predicted molar refractivity (Wildman–Crippen MR) is 96.0 cm³/mol. The second-order valence-electron chi connectivity index (χ2n) is 6.78. The van der Waals surface area contributed by atoms with E-state index in [1.807, 2.05) is 18.2 Å². The minimum atomic E-state index is -0.0709. The van der Waals surface area contributed by atoms with Crippen molar-refractivity contribution in [3.8, 4) is 5.75 Å². The number of hydrogen-bond donors (Lipinski definition) is 2. The summed E-state index contributed by atoms with van der Waals surface area (Å²) in [7, 11) is 0. The lowest BCUT2D eigenvalue weighted by molar-refractivity contribution is -0.121. The van der Waals surface area contributed by atoms with Crippen molar-refractivity contribution in [3.05, 3.63) is 45.7 Å². The van der Waals surface area contributed by atoms with Crippen molar-refractivity contribution in [1.82, 2.24) is 15.5 Å². The molecule has 0 spiro atoms. The summed E-state index contributed by atoms with van der Waals surface area (Å²) < 4.78 is 5.77. The van der Waals surface area contributed by atoms with E-state index in [0.29, 0.717) is 23.8 Å². The van der Waals surface area contributed by atoms with Crippen molar-refractivity contribution in [2.45, 2.75) is 51.0 Å². The first-order chi connectivity index (χ1) is 12.2. The number of hydrogen-bond acceptors (Lipinski definition) is 3. The number of carbonyl (C=O) groups is 1. The SMILES string of the molecule is O=C(Cc1n[nH]c2c1CCCC2)N[C@H]1CCCOc2c(Cl)cccc21. The van der Waals surface area contributed by atoms with E-state index in [1.54, 1.807) is 0 Å². The Labute approximate surface area is 152 Å². The molecular weight excluding hydrogens is 338 g/mol. The average molecular weight is 360 g/mol. The number of aromatic nitrogens is 2. The van der Waals surface area contributed by atoms with Crippen molar-refractivity contribution < 1.29 is 9.53 Å². The fraction of sp³-hybridized carbons (Fsp3) is 0.474. The Balaban J connectivity index is 1.50. The van der Waals surface area contributed by atoms with Gasteiger partial charge in [0.2, 0.25) is 5.91 Å². The molecule has 6 heteroatoms. The third kappa shape index (κ3) is 3.38. The summed E-state index contributed by atoms with van der Waals surface area (Å²) in [6.07, 6.45) is 6.47. The lowest BCUT2D eigenvalue weighted by Gasteiger charge is -2.19. The molecule has 2 N–H and O–H groups in total. The lowest BCUT2D eigenvalue weighted by Crippen LogP contribution is -2.30. The van der Waals surface area contributed by atoms with Crippen LogP contribution in [0.1, 0.15) is 54.2 Å². The van der Waals surface area contributed by atoms with Crippen LogP contribution in [0, 0.1) is 0 Å². The summed E-state index contributed by atoms with van der Waals surface area (Å²) in [5.74, 6) is 0.696. The van der Waals surface area contributed by atoms with Crippen LogP contribution in [0.25, 0.3) is 0 Å². The maximum atomic E-state index is 12.6. The van der Waals surface area contributed by atoms with Gasteiger partial charge in [-0.15, -0.1) is 0 Å². The van der Waals surface area contributed by atoms with Crippen LogP contribution in [0.5, 0.6) is 5.75 Å². The molecule has 1 aromatic heterocycles. The number of nitrogens with zero attached hydrogens (tertiary/aromatic N) is 1. The van der Waals surface area contributed by atoms with Crippen molar-refractivity contribution in [2.75, 3.05) is 6.61 Å². The van der Waals surface area contributed by atoms with Gasteiger partial charge in [-0.3, -0.25) is 9.89 Å². The van der Waals surface area contributed by atoms with E-state index in [1.165, 1.54) is 24.1 Å². The number of fused-ring (bicyclic) bond motifs is 2. The fourth-order valence-corrected chi connectivity index (χ4v) is 4.05. The first-order valence-corrected chi connectivity index (χ1v) is 9.35. The topological polar surface area (TPSA) is 67.0 Å². The van der Waals surface area contributed by atoms with Gasteiger partial charge in [0.25, 0.3) is 0 Å². The van der Waals surface area contributed by atoms with Crippen molar-refractivity contribution in [3.63, 3.8) is 0 Å². The Morgan fingerprint density at radius 1 is 1.32 bits per heavy atom. The summed E-state index contributed by atoms with van der Waals surface area (Å²) in [5.41, 5.74) is 4.30. The second kappa shape index (κ2) is 7.08. The van der Waals surface area contributed by atoms with E-state index in [9.17, 15) is 4.79 Å². The number of amides is 1. The van der Waals surface area contributed by atoms with Gasteiger partial charge in [0.05, 0.1) is 29.8 Å². The number of benzene rings is 1. The number of para-hydroxylation sites is 1. The van der Waals surface area contributed by atoms with Gasteiger partial charge in [0.15, 0.2) is 0 Å². The zero-order chi connectivity index (χ0) is 17.2. The summed E-state index contributed by atoms with van der Waals surface area (Å²) in [4.78, 5) is 12.6. The fourth-order valence-electron chi connectivity index (χ4n) is 3.81. The summed E-state index contributed by atoms with van der Waals surface area (Å²) in [6, 6.07) is 5.63. The van der Waals surface area contributed by atoms with E-state index < -0.39 is 0 Å². The number of aromatic amines is 1. The molecule has 0 saturated heterocycles. The maximum Gasteiger partial charge on any atom is 0.226 e. The molecule has 1 atom stereocenters. The van der Waals surface area contributed by atoms with Crippen molar-refractivity contribution >= 4 is 17.5 Å². The quantitative estimate of drug-likeness (QED) is 0.881. The molecule has 0 bridgehead atoms. The predicted octanol–water partition coefficient (Wildman–Crippen LogP) is 3.51. The van der Waals surface area contributed by atoms with Gasteiger partial charge in [-0.05, 0) is 50.2 Å². The first kappa shape index (κ1) is 16.5. The Bertz CT molecular complexity index is 787. The van der Waals surface area contributed by atoms with Gasteiger partial charge in [0.1, 0.15) is 5.75 Å². The van der Waals surface area contributed by atoms with Crippen LogP contribution in [0.2, 0.25) is 5.02 Å². The zero-order valence-corrected chi connectivity index (χ0v) is 14.9. The standard InChI is InChI=1S/C19H22ClN3O2/c20-14-7-3-6-13-15(9-4-10-25-19(13)14)21-18(24)11-17-12-5-1-2-8-16(12)22-23-17/h3,6-7,15H,1-2,4-5,8-11H2,(H,21,24)(H,22,23)/t15-/m0/s1. The molecule has 25 heavy (non-hydrogen) atoms. The van der Waals surface area contributed by atoms with E-state index in [4.69, 9.17) is 16.3 Å². The van der Waals surface area contributed by atoms with Gasteiger partial charge in [0, 0.05) is 11.3 Å². The van der Waals surface area contributed by atoms with Crippen LogP contribution in [-0.2, 0) is 24.1 Å². The summed E-state index contributed by atoms with van der Waals surface area (Å²) in [5, 5.41) is 11.2. The highest BCUT2D eigenvalue weighted by molar-refractivity contribution is 6.32. The molecule has 4 rings (SSSR count). The number of rotatable bonds is 3. The lowest BCUT2D eigenvalue weighted by atomic mass is 9.95. The molecule has 1 aliphatic heterocycles. The Hall–Kier alpha value is -2.01. The highest BCUT2D eigenvalue weighted by Crippen LogP contribution is 2.37. The maximum absolute atomic E-state index is 12.6. The molecule has 0 fully saturated rings. The molecule has 2 heterocycles. The summed E-state index contributed by atoms with van der Waals surface area (Å²) in [6.45, 7) is 0.621. The van der Waals surface area contributed by atoms with E-state index in [2.05, 4.69) is 15.5 Å². The zero-order valence-electron chi connectivity index (χ0n) is 14.1. The van der Waals surface area contributed by atoms with Crippen molar-refractivity contribution in [1.29, 1.82) is 0 Å². The van der Waals surface area contributed by atoms with E-state index >= 15 is 0 Å². The third-order valence-corrected chi connectivity index (χ3v) is 5.36. The van der Waals surface area contributed by atoms with E-state index in [0.717, 1.165) is 36.9 Å². The Morgan fingerprint density at radius 3 is 3.12 bits per heavy atom. The third-order valence-electron chi connectivity index (χ3n) is 5.06. The molecule has 1 aromatic carbocycles. The smallest absolute Gasteiger partial charge is 0.226 e. The normalized spacial score (nSPS) is 19.3. The van der Waals surface area contributed by atoms with Gasteiger partial charge in [-0.2, -0.15) is 5.10 Å². The van der Waals surface area contributed by atoms with Crippen LogP contribution in [0.3, 0.4) is 0 Å². The Kier molecular flexibility index (Phi) is 4.66. The van der Waals surface area contributed by atoms with Crippen LogP contribution in [-0.4, -0.2) is 22.7 Å². The average Bonchev–Trinajstić information content (AvgIpc) is 2.90. The number of H-pyrrole nitrogens is 1. The number of aryl methyl sites for hydroxylation is 1. The van der Waals surface area contributed by atoms with E-state index in [-0.39, 0.29) is 11.9 Å². The largest absolute Gasteiger partial charge is 0.492 e. The molecular formula is C19H22ClN3O2. The molecule has 0 radical (unpaired) electrons. The summed E-state index contributed by atoms with van der Waals surface area (Å²) >= 11 is 6.26. The first-order valence-electron chi connectivity index (χ1n) is 8.98. The number of nitrogens with one attached hydrogen (secondary N) is 2. The minimum absolute atomic E-state index is 0.00213. The van der Waals surface area contributed by atoms with Crippen LogP contribution < -0.4 is 10.1 Å². The van der Waals surface area contributed by atoms with Gasteiger partial charge in [-0.1, -0.05) is 23.7 Å². The molecule has 0 saturated carbocycles. The van der Waals surface area contributed by atoms with Crippen LogP contribution >= 0.6 is 11.6 Å². The highest BCUT2D eigenvalue weighted by atomic mass is 35.5. The molecule has 0 unspecified atom stereocenters. The molecule has 1 aliphatic carbocycles. The van der Waals surface area contributed by atoms with Gasteiger partial charge >= 0.3 is 0 Å². The molecule has 2 aromatic rings. The number of carbonyl (C=O) groups excluding carboxylic acids is 1. The highest BCUT2D eigenvalue weighted by Gasteiger charge is 2.24.